The normalized spacial score (nSPS) is 18.9. The number of anilines is 1. The van der Waals surface area contributed by atoms with Gasteiger partial charge in [0.05, 0.1) is 35.4 Å². The molecule has 2 aromatic rings. The molecule has 0 saturated carbocycles. The van der Waals surface area contributed by atoms with E-state index < -0.39 is 5.91 Å². The molecule has 0 spiro atoms. The number of amides is 2. The third kappa shape index (κ3) is 6.48. The molecule has 2 aromatic carbocycles. The topological polar surface area (TPSA) is 77.1 Å². The molecule has 0 radical (unpaired) electrons. The van der Waals surface area contributed by atoms with Crippen LogP contribution < -0.4 is 14.8 Å². The first-order valence-corrected chi connectivity index (χ1v) is 12.7. The predicted octanol–water partition coefficient (Wildman–Crippen LogP) is 5.40. The maximum absolute atomic E-state index is 12.9. The molecule has 0 unspecified atom stereocenters. The number of thioether (sulfide) groups is 1. The first-order valence-electron chi connectivity index (χ1n) is 10.8. The van der Waals surface area contributed by atoms with Gasteiger partial charge in [0.25, 0.3) is 11.8 Å². The van der Waals surface area contributed by atoms with Crippen LogP contribution in [0.25, 0.3) is 6.08 Å². The van der Waals surface area contributed by atoms with Crippen molar-refractivity contribution in [3.63, 3.8) is 0 Å². The second-order valence-corrected chi connectivity index (χ2v) is 10.3. The number of hydrogen-bond donors (Lipinski definition) is 1. The highest BCUT2D eigenvalue weighted by Gasteiger charge is 2.34. The zero-order chi connectivity index (χ0) is 24.9. The summed E-state index contributed by atoms with van der Waals surface area (Å²) in [5.41, 5.74) is 1.17. The quantitative estimate of drug-likeness (QED) is 0.347. The van der Waals surface area contributed by atoms with Crippen molar-refractivity contribution in [3.05, 3.63) is 56.9 Å². The molecule has 0 bridgehead atoms. The Hall–Kier alpha value is -2.30. The molecule has 1 atom stereocenters. The largest absolute Gasteiger partial charge is 0.493 e. The molecule has 7 nitrogen and oxygen atoms in total. The van der Waals surface area contributed by atoms with Crippen molar-refractivity contribution >= 4 is 75.1 Å². The summed E-state index contributed by atoms with van der Waals surface area (Å²) in [5, 5.41) is 3.47. The van der Waals surface area contributed by atoms with E-state index in [1.807, 2.05) is 0 Å². The van der Waals surface area contributed by atoms with Crippen molar-refractivity contribution in [2.75, 3.05) is 32.2 Å². The fourth-order valence-corrected chi connectivity index (χ4v) is 5.35. The second-order valence-electron chi connectivity index (χ2n) is 7.80. The van der Waals surface area contributed by atoms with E-state index in [0.717, 1.165) is 25.0 Å². The summed E-state index contributed by atoms with van der Waals surface area (Å²) in [5.74, 6) is 0.279. The number of nitrogens with zero attached hydrogens (tertiary/aromatic N) is 1. The van der Waals surface area contributed by atoms with Crippen LogP contribution in [0, 0.1) is 0 Å². The minimum atomic E-state index is -0.393. The number of carbonyl (C=O) groups excluding carboxylic acids is 2. The van der Waals surface area contributed by atoms with Gasteiger partial charge in [0.2, 0.25) is 0 Å². The molecule has 35 heavy (non-hydrogen) atoms. The van der Waals surface area contributed by atoms with Gasteiger partial charge in [-0.05, 0) is 54.8 Å². The van der Waals surface area contributed by atoms with Crippen LogP contribution in [0.15, 0.2) is 41.3 Å². The monoisotopic (exact) mass is 552 g/mol. The van der Waals surface area contributed by atoms with Gasteiger partial charge in [-0.3, -0.25) is 14.5 Å². The molecule has 0 aliphatic carbocycles. The molecule has 2 saturated heterocycles. The molecule has 0 aromatic heterocycles. The molecular weight excluding hydrogens is 531 g/mol. The lowest BCUT2D eigenvalue weighted by molar-refractivity contribution is -0.123. The first-order chi connectivity index (χ1) is 16.8. The van der Waals surface area contributed by atoms with Crippen LogP contribution in [0.5, 0.6) is 11.5 Å². The van der Waals surface area contributed by atoms with Crippen LogP contribution in [0.4, 0.5) is 5.69 Å². The van der Waals surface area contributed by atoms with Crippen molar-refractivity contribution in [2.45, 2.75) is 18.9 Å². The third-order valence-electron chi connectivity index (χ3n) is 5.33. The van der Waals surface area contributed by atoms with E-state index >= 15 is 0 Å². The van der Waals surface area contributed by atoms with E-state index in [1.54, 1.807) is 41.3 Å². The van der Waals surface area contributed by atoms with Crippen LogP contribution in [0.1, 0.15) is 18.4 Å². The van der Waals surface area contributed by atoms with Gasteiger partial charge in [-0.1, -0.05) is 53.2 Å². The van der Waals surface area contributed by atoms with Gasteiger partial charge in [-0.25, -0.2) is 0 Å². The summed E-state index contributed by atoms with van der Waals surface area (Å²) in [6, 6.07) is 9.97. The molecule has 4 rings (SSSR count). The van der Waals surface area contributed by atoms with Crippen molar-refractivity contribution < 1.29 is 23.8 Å². The molecule has 1 N–H and O–H groups in total. The summed E-state index contributed by atoms with van der Waals surface area (Å²) >= 11 is 18.6. The summed E-state index contributed by atoms with van der Waals surface area (Å²) in [7, 11) is 1.50. The highest BCUT2D eigenvalue weighted by molar-refractivity contribution is 8.26. The van der Waals surface area contributed by atoms with Crippen molar-refractivity contribution in [2.24, 2.45) is 0 Å². The number of ether oxygens (including phenoxy) is 3. The number of methoxy groups -OCH3 is 1. The van der Waals surface area contributed by atoms with Gasteiger partial charge >= 0.3 is 0 Å². The Kier molecular flexibility index (Phi) is 8.56. The third-order valence-corrected chi connectivity index (χ3v) is 7.26. The molecule has 11 heteroatoms. The van der Waals surface area contributed by atoms with Crippen molar-refractivity contribution in [1.82, 2.24) is 4.90 Å². The van der Waals surface area contributed by atoms with Crippen LogP contribution in [-0.4, -0.2) is 54.0 Å². The van der Waals surface area contributed by atoms with Crippen LogP contribution in [-0.2, 0) is 14.3 Å². The van der Waals surface area contributed by atoms with Crippen LogP contribution in [0.3, 0.4) is 0 Å². The lowest BCUT2D eigenvalue weighted by Gasteiger charge is -2.18. The van der Waals surface area contributed by atoms with Crippen molar-refractivity contribution in [1.29, 1.82) is 0 Å². The summed E-state index contributed by atoms with van der Waals surface area (Å²) in [6.07, 6.45) is 3.72. The first kappa shape index (κ1) is 25.8. The zero-order valence-corrected chi connectivity index (χ0v) is 21.9. The Balaban J connectivity index is 1.39. The molecule has 2 amide bonds. The van der Waals surface area contributed by atoms with Gasteiger partial charge in [0, 0.05) is 11.6 Å². The van der Waals surface area contributed by atoms with E-state index in [1.165, 1.54) is 24.9 Å². The number of hydrogen-bond acceptors (Lipinski definition) is 7. The smallest absolute Gasteiger partial charge is 0.266 e. The maximum atomic E-state index is 12.9. The van der Waals surface area contributed by atoms with Crippen LogP contribution in [0.2, 0.25) is 10.0 Å². The van der Waals surface area contributed by atoms with Gasteiger partial charge < -0.3 is 19.5 Å². The lowest BCUT2D eigenvalue weighted by atomic mass is 10.1. The fraction of sp³-hybridized carbons (Fsp3) is 0.292. The van der Waals surface area contributed by atoms with Crippen molar-refractivity contribution in [3.8, 4) is 11.5 Å². The Morgan fingerprint density at radius 2 is 2.11 bits per heavy atom. The van der Waals surface area contributed by atoms with E-state index in [0.29, 0.717) is 43.0 Å². The minimum absolute atomic E-state index is 0.0290. The molecule has 2 fully saturated rings. The van der Waals surface area contributed by atoms with E-state index in [9.17, 15) is 9.59 Å². The average Bonchev–Trinajstić information content (AvgIpc) is 3.44. The fourth-order valence-electron chi connectivity index (χ4n) is 3.61. The second kappa shape index (κ2) is 11.6. The number of halogens is 2. The standard InChI is InChI=1S/C24H22Cl2N2O5S2/c1-31-20-9-14(10-21-23(30)28(24(34)35-21)12-16-3-2-8-32-16)4-7-19(20)33-13-22(29)27-18-6-5-15(25)11-17(18)26/h4-7,9-11,16H,2-3,8,12-13H2,1H3,(H,27,29)/b21-10-/t16-/m0/s1. The number of nitrogens with one attached hydrogen (secondary N) is 1. The van der Waals surface area contributed by atoms with E-state index in [-0.39, 0.29) is 18.6 Å². The molecule has 184 valence electrons. The van der Waals surface area contributed by atoms with Gasteiger partial charge in [0.15, 0.2) is 18.1 Å². The minimum Gasteiger partial charge on any atom is -0.493 e. The molecule has 2 aliphatic heterocycles. The highest BCUT2D eigenvalue weighted by Crippen LogP contribution is 2.35. The molecule has 2 heterocycles. The number of thiocarbonyl (C=S) groups is 1. The van der Waals surface area contributed by atoms with Crippen LogP contribution >= 0.6 is 47.2 Å². The summed E-state index contributed by atoms with van der Waals surface area (Å²) < 4.78 is 17.2. The Morgan fingerprint density at radius 1 is 1.29 bits per heavy atom. The van der Waals surface area contributed by atoms with Gasteiger partial charge in [0.1, 0.15) is 4.32 Å². The SMILES string of the molecule is COc1cc(/C=C2\SC(=S)N(C[C@@H]3CCCO3)C2=O)ccc1OCC(=O)Nc1ccc(Cl)cc1Cl. The number of carbonyl (C=O) groups is 2. The number of rotatable bonds is 8. The van der Waals surface area contributed by atoms with E-state index in [4.69, 9.17) is 49.6 Å². The Morgan fingerprint density at radius 3 is 2.83 bits per heavy atom. The average molecular weight is 553 g/mol. The maximum Gasteiger partial charge on any atom is 0.266 e. The van der Waals surface area contributed by atoms with Gasteiger partial charge in [-0.2, -0.15) is 0 Å². The number of benzene rings is 2. The summed E-state index contributed by atoms with van der Waals surface area (Å²) in [6.45, 7) is 0.942. The lowest BCUT2D eigenvalue weighted by Crippen LogP contribution is -2.35. The summed E-state index contributed by atoms with van der Waals surface area (Å²) in [4.78, 5) is 27.3. The predicted molar refractivity (Wildman–Crippen MR) is 142 cm³/mol. The molecule has 2 aliphatic rings. The van der Waals surface area contributed by atoms with Gasteiger partial charge in [-0.15, -0.1) is 0 Å². The Bertz CT molecular complexity index is 1180. The molecular formula is C24H22Cl2N2O5S2. The zero-order valence-electron chi connectivity index (χ0n) is 18.7. The van der Waals surface area contributed by atoms with E-state index in [2.05, 4.69) is 5.32 Å². The Labute approximate surface area is 222 Å². The highest BCUT2D eigenvalue weighted by atomic mass is 35.5.